The van der Waals surface area contributed by atoms with Gasteiger partial charge in [-0.2, -0.15) is 5.26 Å². The van der Waals surface area contributed by atoms with Gasteiger partial charge in [0, 0.05) is 12.6 Å². The Kier molecular flexibility index (Phi) is 4.37. The molecule has 1 aliphatic rings. The van der Waals surface area contributed by atoms with E-state index in [1.807, 2.05) is 6.07 Å². The zero-order valence-corrected chi connectivity index (χ0v) is 16.6. The van der Waals surface area contributed by atoms with Crippen LogP contribution in [0.25, 0.3) is 11.3 Å². The number of hydrogen-bond acceptors (Lipinski definition) is 7. The summed E-state index contributed by atoms with van der Waals surface area (Å²) in [5.41, 5.74) is 6.05. The maximum atomic E-state index is 14.7. The Morgan fingerprint density at radius 3 is 2.69 bits per heavy atom. The molecule has 0 bridgehead atoms. The predicted octanol–water partition coefficient (Wildman–Crippen LogP) is 2.32. The van der Waals surface area contributed by atoms with Gasteiger partial charge < -0.3 is 10.6 Å². The lowest BCUT2D eigenvalue weighted by Crippen LogP contribution is -2.35. The van der Waals surface area contributed by atoms with Gasteiger partial charge in [-0.3, -0.25) is 4.40 Å². The molecule has 160 valence electrons. The summed E-state index contributed by atoms with van der Waals surface area (Å²) in [6, 6.07) is 12.8. The van der Waals surface area contributed by atoms with E-state index in [-0.39, 0.29) is 23.0 Å². The Balaban J connectivity index is 1.78. The molecule has 0 amide bonds. The van der Waals surface area contributed by atoms with Gasteiger partial charge >= 0.3 is 5.69 Å². The normalized spacial score (nSPS) is 17.5. The second kappa shape index (κ2) is 7.12. The van der Waals surface area contributed by atoms with E-state index in [9.17, 15) is 18.8 Å². The van der Waals surface area contributed by atoms with Crippen LogP contribution in [0.4, 0.5) is 20.4 Å². The molecule has 4 heterocycles. The number of alkyl halides is 2. The maximum absolute atomic E-state index is 14.7. The van der Waals surface area contributed by atoms with Crippen LogP contribution in [-0.4, -0.2) is 36.4 Å². The summed E-state index contributed by atoms with van der Waals surface area (Å²) in [6.07, 6.45) is 2.07. The fourth-order valence-corrected chi connectivity index (χ4v) is 4.03. The molecule has 1 fully saturated rings. The minimum atomic E-state index is -3.11. The lowest BCUT2D eigenvalue weighted by molar-refractivity contribution is 0.0219. The monoisotopic (exact) mass is 434 g/mol. The molecule has 32 heavy (non-hydrogen) atoms. The fourth-order valence-electron chi connectivity index (χ4n) is 4.03. The van der Waals surface area contributed by atoms with Crippen molar-refractivity contribution in [1.29, 1.82) is 5.26 Å². The third-order valence-electron chi connectivity index (χ3n) is 5.41. The van der Waals surface area contributed by atoms with Crippen LogP contribution in [0.5, 0.6) is 0 Å². The van der Waals surface area contributed by atoms with Crippen molar-refractivity contribution in [2.75, 3.05) is 17.2 Å². The van der Waals surface area contributed by atoms with Crippen LogP contribution in [0.3, 0.4) is 0 Å². The number of nitrogen functional groups attached to an aromatic ring is 1. The van der Waals surface area contributed by atoms with Crippen LogP contribution in [-0.2, 0) is 0 Å². The third kappa shape index (κ3) is 3.04. The molecule has 5 rings (SSSR count). The summed E-state index contributed by atoms with van der Waals surface area (Å²) in [5.74, 6) is -3.12. The molecular weight excluding hydrogens is 418 g/mol. The highest BCUT2D eigenvalue weighted by Gasteiger charge is 2.49. The highest BCUT2D eigenvalue weighted by atomic mass is 19.3. The topological polar surface area (TPSA) is 118 Å². The van der Waals surface area contributed by atoms with Crippen molar-refractivity contribution >= 4 is 17.3 Å². The Hall–Kier alpha value is -4.33. The van der Waals surface area contributed by atoms with Gasteiger partial charge in [0.1, 0.15) is 35.2 Å². The minimum absolute atomic E-state index is 0.0220. The number of para-hydroxylation sites is 1. The number of aromatic nitrogens is 5. The number of nitrogens with zero attached hydrogens (tertiary/aromatic N) is 7. The molecule has 1 saturated heterocycles. The first-order valence-corrected chi connectivity index (χ1v) is 9.70. The van der Waals surface area contributed by atoms with Crippen LogP contribution >= 0.6 is 0 Å². The largest absolute Gasteiger partial charge is 0.382 e. The zero-order chi connectivity index (χ0) is 22.5. The van der Waals surface area contributed by atoms with Crippen LogP contribution < -0.4 is 16.3 Å². The molecule has 0 aliphatic carbocycles. The van der Waals surface area contributed by atoms with Gasteiger partial charge in [0.05, 0.1) is 18.3 Å². The van der Waals surface area contributed by atoms with Crippen molar-refractivity contribution in [2.24, 2.45) is 0 Å². The van der Waals surface area contributed by atoms with Crippen molar-refractivity contribution < 1.29 is 8.78 Å². The van der Waals surface area contributed by atoms with Gasteiger partial charge in [-0.25, -0.2) is 33.1 Å². The Labute approximate surface area is 180 Å². The van der Waals surface area contributed by atoms with E-state index in [4.69, 9.17) is 5.73 Å². The quantitative estimate of drug-likeness (QED) is 0.526. The summed E-state index contributed by atoms with van der Waals surface area (Å²) in [7, 11) is 0. The van der Waals surface area contributed by atoms with Gasteiger partial charge in [-0.05, 0) is 24.3 Å². The first kappa shape index (κ1) is 19.6. The molecular formula is C21H16F2N8O. The van der Waals surface area contributed by atoms with Crippen LogP contribution in [0.2, 0.25) is 0 Å². The molecule has 1 aromatic carbocycles. The van der Waals surface area contributed by atoms with Gasteiger partial charge in [0.15, 0.2) is 5.82 Å². The van der Waals surface area contributed by atoms with Crippen molar-refractivity contribution in [3.63, 3.8) is 0 Å². The molecule has 2 N–H and O–H groups in total. The number of nitriles is 1. The number of anilines is 2. The van der Waals surface area contributed by atoms with E-state index in [0.29, 0.717) is 11.3 Å². The highest BCUT2D eigenvalue weighted by Crippen LogP contribution is 2.43. The SMILES string of the molecule is N#Cc1c(N)ncnc1N1CC(F)(F)CC1c1nc2cccn2c(=O)n1-c1ccccc1. The summed E-state index contributed by atoms with van der Waals surface area (Å²) < 4.78 is 32.1. The van der Waals surface area contributed by atoms with E-state index in [1.54, 1.807) is 48.7 Å². The molecule has 1 atom stereocenters. The summed E-state index contributed by atoms with van der Waals surface area (Å²) in [5, 5.41) is 9.54. The standard InChI is InChI=1S/C21H16F2N8O/c22-21(23)9-15(30(11-21)18-14(10-24)17(25)26-12-27-18)19-28-16-7-4-8-29(16)20(32)31(19)13-5-2-1-3-6-13/h1-8,12,15H,9,11H2,(H2,25,26,27). The summed E-state index contributed by atoms with van der Waals surface area (Å²) >= 11 is 0. The van der Waals surface area contributed by atoms with Crippen LogP contribution in [0.15, 0.2) is 59.8 Å². The van der Waals surface area contributed by atoms with Gasteiger partial charge in [0.25, 0.3) is 5.92 Å². The molecule has 0 saturated carbocycles. The van der Waals surface area contributed by atoms with Crippen molar-refractivity contribution in [3.8, 4) is 11.8 Å². The number of hydrogen-bond donors (Lipinski definition) is 1. The average molecular weight is 434 g/mol. The number of nitrogens with two attached hydrogens (primary N) is 1. The van der Waals surface area contributed by atoms with Gasteiger partial charge in [0.2, 0.25) is 0 Å². The molecule has 0 radical (unpaired) electrons. The minimum Gasteiger partial charge on any atom is -0.382 e. The van der Waals surface area contributed by atoms with E-state index >= 15 is 0 Å². The first-order chi connectivity index (χ1) is 15.4. The van der Waals surface area contributed by atoms with Crippen molar-refractivity contribution in [2.45, 2.75) is 18.4 Å². The average Bonchev–Trinajstić information content (AvgIpc) is 3.38. The second-order valence-corrected chi connectivity index (χ2v) is 7.43. The number of benzene rings is 1. The van der Waals surface area contributed by atoms with Gasteiger partial charge in [-0.1, -0.05) is 18.2 Å². The van der Waals surface area contributed by atoms with E-state index < -0.39 is 30.6 Å². The number of rotatable bonds is 3. The number of halogens is 2. The molecule has 0 spiro atoms. The fraction of sp³-hybridized carbons (Fsp3) is 0.190. The molecule has 1 unspecified atom stereocenters. The summed E-state index contributed by atoms with van der Waals surface area (Å²) in [6.45, 7) is -0.709. The smallest absolute Gasteiger partial charge is 0.339 e. The van der Waals surface area contributed by atoms with E-state index in [0.717, 1.165) is 6.33 Å². The second-order valence-electron chi connectivity index (χ2n) is 7.43. The summed E-state index contributed by atoms with van der Waals surface area (Å²) in [4.78, 5) is 27.0. The van der Waals surface area contributed by atoms with Crippen LogP contribution in [0, 0.1) is 11.3 Å². The molecule has 1 aliphatic heterocycles. The van der Waals surface area contributed by atoms with Crippen LogP contribution in [0.1, 0.15) is 23.9 Å². The Morgan fingerprint density at radius 2 is 1.94 bits per heavy atom. The molecule has 3 aromatic heterocycles. The van der Waals surface area contributed by atoms with Crippen molar-refractivity contribution in [1.82, 2.24) is 23.9 Å². The first-order valence-electron chi connectivity index (χ1n) is 9.70. The Morgan fingerprint density at radius 1 is 1.16 bits per heavy atom. The molecule has 9 nitrogen and oxygen atoms in total. The van der Waals surface area contributed by atoms with E-state index in [2.05, 4.69) is 15.0 Å². The Bertz CT molecular complexity index is 1420. The number of fused-ring (bicyclic) bond motifs is 1. The highest BCUT2D eigenvalue weighted by molar-refractivity contribution is 5.64. The maximum Gasteiger partial charge on any atom is 0.339 e. The zero-order valence-electron chi connectivity index (χ0n) is 16.6. The lowest BCUT2D eigenvalue weighted by Gasteiger charge is -2.27. The molecule has 11 heteroatoms. The van der Waals surface area contributed by atoms with Gasteiger partial charge in [-0.15, -0.1) is 0 Å². The lowest BCUT2D eigenvalue weighted by atomic mass is 10.1. The van der Waals surface area contributed by atoms with E-state index in [1.165, 1.54) is 13.9 Å². The predicted molar refractivity (Wildman–Crippen MR) is 112 cm³/mol. The van der Waals surface area contributed by atoms with Crippen molar-refractivity contribution in [3.05, 3.63) is 76.9 Å². The third-order valence-corrected chi connectivity index (χ3v) is 5.41. The molecule has 4 aromatic rings.